The van der Waals surface area contributed by atoms with Gasteiger partial charge in [0, 0.05) is 13.0 Å². The minimum absolute atomic E-state index is 0.0383. The average Bonchev–Trinajstić information content (AvgIpc) is 3.36. The molecule has 3 fully saturated rings. The van der Waals surface area contributed by atoms with Gasteiger partial charge >= 0.3 is 12.1 Å². The molecule has 8 atom stereocenters. The molecule has 0 heterocycles. The van der Waals surface area contributed by atoms with E-state index in [2.05, 4.69) is 51.3 Å². The van der Waals surface area contributed by atoms with Gasteiger partial charge in [-0.05, 0) is 131 Å². The van der Waals surface area contributed by atoms with Crippen LogP contribution in [0.2, 0.25) is 0 Å². The van der Waals surface area contributed by atoms with Gasteiger partial charge in [0.25, 0.3) is 0 Å². The monoisotopic (exact) mass is 671 g/mol. The maximum absolute atomic E-state index is 12.7. The zero-order valence-corrected chi connectivity index (χ0v) is 32.4. The molecule has 0 aliphatic heterocycles. The Kier molecular flexibility index (Phi) is 14.4. The molecule has 4 rings (SSSR count). The number of ether oxygens (including phenoxy) is 2. The molecule has 0 radical (unpaired) electrons. The third-order valence-electron chi connectivity index (χ3n) is 13.3. The predicted molar refractivity (Wildman–Crippen MR) is 198 cm³/mol. The van der Waals surface area contributed by atoms with Gasteiger partial charge in [0.1, 0.15) is 11.7 Å². The summed E-state index contributed by atoms with van der Waals surface area (Å²) in [6.07, 6.45) is 23.2. The summed E-state index contributed by atoms with van der Waals surface area (Å²) in [6, 6.07) is 0. The maximum Gasteiger partial charge on any atom is 0.407 e. The number of nitrogens with one attached hydrogen (secondary N) is 2. The molecule has 3 saturated carbocycles. The van der Waals surface area contributed by atoms with Crippen LogP contribution in [-0.2, 0) is 14.3 Å². The number of allylic oxidation sites excluding steroid dienone is 1. The highest BCUT2D eigenvalue weighted by Crippen LogP contribution is 2.67. The molecular formula is C42H74N2O4. The standard InChI is InChI=1S/C42H74N2O4/c1-30(2)16-15-17-31(3)35-20-21-36-34-19-18-32-28-33(22-24-41(32,7)37(34)23-25-42(35,36)8)47-38(45)29-43-26-13-11-9-10-12-14-27-44-39(46)48-40(4,5)6/h18,30-31,33-37,43H,9-17,19-29H2,1-8H3,(H,44,46)/t31-,33+,34+,35-,36+,37+,41+,42-/m1/s1. The van der Waals surface area contributed by atoms with Crippen LogP contribution in [0.5, 0.6) is 0 Å². The predicted octanol–water partition coefficient (Wildman–Crippen LogP) is 10.4. The average molecular weight is 671 g/mol. The number of alkyl carbamates (subject to hydrolysis) is 1. The second kappa shape index (κ2) is 17.6. The minimum atomic E-state index is -0.451. The molecule has 276 valence electrons. The van der Waals surface area contributed by atoms with Crippen molar-refractivity contribution in [2.45, 2.75) is 176 Å². The molecule has 0 aromatic carbocycles. The summed E-state index contributed by atoms with van der Waals surface area (Å²) in [5.41, 5.74) is 1.97. The molecule has 0 saturated heterocycles. The Balaban J connectivity index is 1.11. The van der Waals surface area contributed by atoms with Gasteiger partial charge in [-0.3, -0.25) is 4.79 Å². The van der Waals surface area contributed by atoms with E-state index in [1.807, 2.05) is 20.8 Å². The molecule has 6 heteroatoms. The molecule has 6 nitrogen and oxygen atoms in total. The summed E-state index contributed by atoms with van der Waals surface area (Å²) in [6.45, 7) is 20.0. The lowest BCUT2D eigenvalue weighted by Crippen LogP contribution is -2.51. The third kappa shape index (κ3) is 10.5. The van der Waals surface area contributed by atoms with E-state index in [9.17, 15) is 9.59 Å². The molecule has 0 aromatic heterocycles. The summed E-state index contributed by atoms with van der Waals surface area (Å²) in [4.78, 5) is 24.4. The molecule has 48 heavy (non-hydrogen) atoms. The Bertz CT molecular complexity index is 1060. The molecular weight excluding hydrogens is 596 g/mol. The fraction of sp³-hybridized carbons (Fsp3) is 0.905. The highest BCUT2D eigenvalue weighted by Gasteiger charge is 2.59. The van der Waals surface area contributed by atoms with Crippen molar-refractivity contribution in [3.63, 3.8) is 0 Å². The lowest BCUT2D eigenvalue weighted by Gasteiger charge is -2.58. The van der Waals surface area contributed by atoms with Crippen molar-refractivity contribution in [2.24, 2.45) is 46.3 Å². The molecule has 2 N–H and O–H groups in total. The number of carbonyl (C=O) groups excluding carboxylic acids is 2. The Morgan fingerprint density at radius 2 is 1.58 bits per heavy atom. The first-order valence-electron chi connectivity index (χ1n) is 20.3. The van der Waals surface area contributed by atoms with E-state index in [1.165, 1.54) is 64.2 Å². The van der Waals surface area contributed by atoms with Gasteiger partial charge in [0.15, 0.2) is 0 Å². The van der Waals surface area contributed by atoms with E-state index in [4.69, 9.17) is 9.47 Å². The van der Waals surface area contributed by atoms with E-state index in [0.29, 0.717) is 23.9 Å². The summed E-state index contributed by atoms with van der Waals surface area (Å²) < 4.78 is 11.3. The number of amides is 1. The normalized spacial score (nSPS) is 32.1. The summed E-state index contributed by atoms with van der Waals surface area (Å²) >= 11 is 0. The Morgan fingerprint density at radius 1 is 0.875 bits per heavy atom. The van der Waals surface area contributed by atoms with Crippen molar-refractivity contribution in [3.8, 4) is 0 Å². The van der Waals surface area contributed by atoms with Crippen LogP contribution in [0.3, 0.4) is 0 Å². The molecule has 0 bridgehead atoms. The lowest BCUT2D eigenvalue weighted by atomic mass is 9.47. The fourth-order valence-electron chi connectivity index (χ4n) is 10.8. The quantitative estimate of drug-likeness (QED) is 0.0915. The van der Waals surface area contributed by atoms with Crippen molar-refractivity contribution in [3.05, 3.63) is 11.6 Å². The number of esters is 1. The number of hydrogen-bond donors (Lipinski definition) is 2. The number of fused-ring (bicyclic) bond motifs is 5. The van der Waals surface area contributed by atoms with Crippen LogP contribution in [0, 0.1) is 46.3 Å². The molecule has 0 spiro atoms. The SMILES string of the molecule is CC(C)CCC[C@@H](C)[C@H]1CC[C@H]2[C@@H]3CC=C4C[C@@H](OC(=O)CNCCCCCCCCNC(=O)OC(C)(C)C)CC[C@]4(C)[C@H]3CC[C@]12C. The highest BCUT2D eigenvalue weighted by atomic mass is 16.6. The van der Waals surface area contributed by atoms with Crippen LogP contribution >= 0.6 is 0 Å². The summed E-state index contributed by atoms with van der Waals surface area (Å²) in [7, 11) is 0. The van der Waals surface area contributed by atoms with Gasteiger partial charge in [0.05, 0.1) is 6.54 Å². The minimum Gasteiger partial charge on any atom is -0.461 e. The van der Waals surface area contributed by atoms with Gasteiger partial charge < -0.3 is 20.1 Å². The van der Waals surface area contributed by atoms with Gasteiger partial charge in [-0.2, -0.15) is 0 Å². The van der Waals surface area contributed by atoms with Crippen LogP contribution in [0.1, 0.15) is 165 Å². The molecule has 1 amide bonds. The van der Waals surface area contributed by atoms with Crippen LogP contribution in [0.25, 0.3) is 0 Å². The Morgan fingerprint density at radius 3 is 2.29 bits per heavy atom. The van der Waals surface area contributed by atoms with Crippen molar-refractivity contribution in [2.75, 3.05) is 19.6 Å². The molecule has 0 aromatic rings. The second-order valence-corrected chi connectivity index (χ2v) is 18.4. The van der Waals surface area contributed by atoms with Crippen LogP contribution in [-0.4, -0.2) is 43.4 Å². The second-order valence-electron chi connectivity index (χ2n) is 18.4. The van der Waals surface area contributed by atoms with Crippen molar-refractivity contribution in [1.82, 2.24) is 10.6 Å². The lowest BCUT2D eigenvalue weighted by molar-refractivity contribution is -0.150. The van der Waals surface area contributed by atoms with Gasteiger partial charge in [-0.1, -0.05) is 91.2 Å². The van der Waals surface area contributed by atoms with E-state index >= 15 is 0 Å². The van der Waals surface area contributed by atoms with Crippen LogP contribution < -0.4 is 10.6 Å². The van der Waals surface area contributed by atoms with Gasteiger partial charge in [-0.15, -0.1) is 0 Å². The van der Waals surface area contributed by atoms with Crippen molar-refractivity contribution in [1.29, 1.82) is 0 Å². The maximum atomic E-state index is 12.7. The largest absolute Gasteiger partial charge is 0.461 e. The third-order valence-corrected chi connectivity index (χ3v) is 13.3. The van der Waals surface area contributed by atoms with E-state index in [0.717, 1.165) is 87.0 Å². The first-order chi connectivity index (χ1) is 22.7. The first-order valence-corrected chi connectivity index (χ1v) is 20.3. The van der Waals surface area contributed by atoms with Crippen LogP contribution in [0.4, 0.5) is 4.79 Å². The number of unbranched alkanes of at least 4 members (excludes halogenated alkanes) is 5. The number of rotatable bonds is 17. The van der Waals surface area contributed by atoms with E-state index < -0.39 is 5.60 Å². The molecule has 4 aliphatic rings. The number of hydrogen-bond acceptors (Lipinski definition) is 5. The zero-order chi connectivity index (χ0) is 35.0. The fourth-order valence-corrected chi connectivity index (χ4v) is 10.8. The first kappa shape index (κ1) is 39.2. The Labute approximate surface area is 295 Å². The van der Waals surface area contributed by atoms with Crippen LogP contribution in [0.15, 0.2) is 11.6 Å². The molecule has 4 aliphatic carbocycles. The van der Waals surface area contributed by atoms with Crippen molar-refractivity contribution < 1.29 is 19.1 Å². The zero-order valence-electron chi connectivity index (χ0n) is 32.4. The van der Waals surface area contributed by atoms with E-state index in [-0.39, 0.29) is 18.2 Å². The smallest absolute Gasteiger partial charge is 0.407 e. The topological polar surface area (TPSA) is 76.7 Å². The van der Waals surface area contributed by atoms with Gasteiger partial charge in [0.2, 0.25) is 0 Å². The molecule has 0 unspecified atom stereocenters. The van der Waals surface area contributed by atoms with E-state index in [1.54, 1.807) is 5.57 Å². The highest BCUT2D eigenvalue weighted by molar-refractivity contribution is 5.71. The number of carbonyl (C=O) groups is 2. The van der Waals surface area contributed by atoms with Crippen molar-refractivity contribution >= 4 is 12.1 Å². The summed E-state index contributed by atoms with van der Waals surface area (Å²) in [5.74, 6) is 5.03. The Hall–Kier alpha value is -1.56. The van der Waals surface area contributed by atoms with Gasteiger partial charge in [-0.25, -0.2) is 4.79 Å². The summed E-state index contributed by atoms with van der Waals surface area (Å²) in [5, 5.41) is 6.15.